The Hall–Kier alpha value is -1.51. The number of para-hydroxylation sites is 1. The highest BCUT2D eigenvalue weighted by atomic mass is 16.5. The fourth-order valence-electron chi connectivity index (χ4n) is 0.826. The van der Waals surface area contributed by atoms with Crippen molar-refractivity contribution in [2.24, 2.45) is 0 Å². The summed E-state index contributed by atoms with van der Waals surface area (Å²) in [6.07, 6.45) is 0.480. The summed E-state index contributed by atoms with van der Waals surface area (Å²) in [5.74, 6) is 0.245. The third-order valence-electron chi connectivity index (χ3n) is 1.71. The van der Waals surface area contributed by atoms with E-state index in [0.29, 0.717) is 18.8 Å². The molecule has 0 bridgehead atoms. The molecule has 0 spiro atoms. The highest BCUT2D eigenvalue weighted by Gasteiger charge is 1.91. The quantitative estimate of drug-likeness (QED) is 0.763. The summed E-state index contributed by atoms with van der Waals surface area (Å²) in [5, 5.41) is 8.92. The van der Waals surface area contributed by atoms with Crippen LogP contribution in [-0.4, -0.2) is 17.7 Å². The molecule has 84 valence electrons. The Morgan fingerprint density at radius 3 is 2.20 bits per heavy atom. The molecule has 0 aliphatic carbocycles. The zero-order chi connectivity index (χ0) is 11.7. The van der Waals surface area contributed by atoms with E-state index in [1.807, 2.05) is 25.1 Å². The maximum absolute atomic E-state index is 10.2. The number of benzene rings is 1. The van der Waals surface area contributed by atoms with Crippen LogP contribution in [0, 0.1) is 6.92 Å². The molecule has 1 aromatic rings. The zero-order valence-corrected chi connectivity index (χ0v) is 9.49. The van der Waals surface area contributed by atoms with Crippen molar-refractivity contribution in [3.05, 3.63) is 29.8 Å². The van der Waals surface area contributed by atoms with E-state index < -0.39 is 0 Å². The Morgan fingerprint density at radius 2 is 1.93 bits per heavy atom. The lowest BCUT2D eigenvalue weighted by Crippen LogP contribution is -2.00. The number of ether oxygens (including phenoxy) is 1. The van der Waals surface area contributed by atoms with Crippen LogP contribution in [-0.2, 0) is 9.53 Å². The molecular formula is C12H18O3. The van der Waals surface area contributed by atoms with Gasteiger partial charge in [-0.3, -0.25) is 4.79 Å². The molecule has 0 saturated carbocycles. The van der Waals surface area contributed by atoms with Crippen LogP contribution in [0.3, 0.4) is 0 Å². The molecule has 0 aromatic heterocycles. The van der Waals surface area contributed by atoms with Crippen molar-refractivity contribution >= 4 is 5.97 Å². The van der Waals surface area contributed by atoms with Gasteiger partial charge in [0.25, 0.3) is 0 Å². The monoisotopic (exact) mass is 210 g/mol. The van der Waals surface area contributed by atoms with E-state index in [4.69, 9.17) is 5.11 Å². The average molecular weight is 210 g/mol. The third kappa shape index (κ3) is 6.55. The Bertz CT molecular complexity index is 274. The molecular weight excluding hydrogens is 192 g/mol. The van der Waals surface area contributed by atoms with Gasteiger partial charge in [-0.25, -0.2) is 0 Å². The highest BCUT2D eigenvalue weighted by molar-refractivity contribution is 5.68. The number of rotatable bonds is 2. The Labute approximate surface area is 90.7 Å². The molecule has 0 amide bonds. The highest BCUT2D eigenvalue weighted by Crippen LogP contribution is 2.12. The lowest BCUT2D eigenvalue weighted by molar-refractivity contribution is -0.142. The van der Waals surface area contributed by atoms with Crippen molar-refractivity contribution in [2.45, 2.75) is 27.2 Å². The molecule has 0 fully saturated rings. The van der Waals surface area contributed by atoms with Gasteiger partial charge in [-0.05, 0) is 25.5 Å². The van der Waals surface area contributed by atoms with Crippen molar-refractivity contribution in [2.75, 3.05) is 6.61 Å². The van der Waals surface area contributed by atoms with Crippen LogP contribution in [0.1, 0.15) is 25.8 Å². The number of hydrogen-bond donors (Lipinski definition) is 1. The van der Waals surface area contributed by atoms with E-state index in [9.17, 15) is 4.79 Å². The number of carbonyl (C=O) groups is 1. The van der Waals surface area contributed by atoms with Crippen LogP contribution < -0.4 is 0 Å². The zero-order valence-electron chi connectivity index (χ0n) is 9.49. The third-order valence-corrected chi connectivity index (χ3v) is 1.71. The first kappa shape index (κ1) is 13.5. The van der Waals surface area contributed by atoms with Crippen molar-refractivity contribution in [1.82, 2.24) is 0 Å². The molecule has 0 aliphatic heterocycles. The summed E-state index contributed by atoms with van der Waals surface area (Å²) < 4.78 is 4.55. The molecule has 1 aromatic carbocycles. The van der Waals surface area contributed by atoms with E-state index in [-0.39, 0.29) is 5.97 Å². The van der Waals surface area contributed by atoms with Gasteiger partial charge in [-0.1, -0.05) is 25.1 Å². The molecule has 1 rings (SSSR count). The second-order valence-corrected chi connectivity index (χ2v) is 2.95. The summed E-state index contributed by atoms with van der Waals surface area (Å²) in [6.45, 7) is 5.94. The standard InChI is InChI=1S/C7H8O.C5H10O2/c1-6-4-2-3-5-7(6)8;1-3-5(6)7-4-2/h2-5,8H,1H3;3-4H2,1-2H3. The second-order valence-electron chi connectivity index (χ2n) is 2.95. The molecule has 0 heterocycles. The lowest BCUT2D eigenvalue weighted by atomic mass is 10.2. The fourth-order valence-corrected chi connectivity index (χ4v) is 0.826. The number of esters is 1. The van der Waals surface area contributed by atoms with Gasteiger partial charge in [0.2, 0.25) is 0 Å². The first-order valence-corrected chi connectivity index (χ1v) is 5.02. The van der Waals surface area contributed by atoms with E-state index >= 15 is 0 Å². The molecule has 1 N–H and O–H groups in total. The maximum atomic E-state index is 10.2. The SMILES string of the molecule is CCOC(=O)CC.Cc1ccccc1O. The van der Waals surface area contributed by atoms with Gasteiger partial charge in [0.1, 0.15) is 5.75 Å². The first-order chi connectivity index (χ1) is 7.11. The predicted octanol–water partition coefficient (Wildman–Crippen LogP) is 2.66. The van der Waals surface area contributed by atoms with Crippen LogP contribution >= 0.6 is 0 Å². The number of phenolic OH excluding ortho intramolecular Hbond substituents is 1. The molecule has 3 nitrogen and oxygen atoms in total. The van der Waals surface area contributed by atoms with Gasteiger partial charge in [0.15, 0.2) is 0 Å². The second kappa shape index (κ2) is 7.85. The molecule has 0 radical (unpaired) electrons. The summed E-state index contributed by atoms with van der Waals surface area (Å²) in [5.41, 5.74) is 0.924. The summed E-state index contributed by atoms with van der Waals surface area (Å²) >= 11 is 0. The Kier molecular flexibility index (Phi) is 7.06. The van der Waals surface area contributed by atoms with Crippen LogP contribution in [0.2, 0.25) is 0 Å². The summed E-state index contributed by atoms with van der Waals surface area (Å²) in [7, 11) is 0. The number of carbonyl (C=O) groups excluding carboxylic acids is 1. The fraction of sp³-hybridized carbons (Fsp3) is 0.417. The number of aryl methyl sites for hydroxylation is 1. The minimum absolute atomic E-state index is 0.123. The van der Waals surface area contributed by atoms with Crippen molar-refractivity contribution in [1.29, 1.82) is 0 Å². The van der Waals surface area contributed by atoms with Crippen LogP contribution in [0.4, 0.5) is 0 Å². The van der Waals surface area contributed by atoms with Gasteiger partial charge >= 0.3 is 5.97 Å². The van der Waals surface area contributed by atoms with Crippen molar-refractivity contribution < 1.29 is 14.6 Å². The summed E-state index contributed by atoms with van der Waals surface area (Å²) in [4.78, 5) is 10.2. The van der Waals surface area contributed by atoms with Crippen LogP contribution in [0.15, 0.2) is 24.3 Å². The van der Waals surface area contributed by atoms with Crippen molar-refractivity contribution in [3.8, 4) is 5.75 Å². The number of hydrogen-bond acceptors (Lipinski definition) is 3. The number of phenols is 1. The predicted molar refractivity (Wildman–Crippen MR) is 59.8 cm³/mol. The smallest absolute Gasteiger partial charge is 0.305 e. The van der Waals surface area contributed by atoms with Gasteiger partial charge in [-0.2, -0.15) is 0 Å². The summed E-state index contributed by atoms with van der Waals surface area (Å²) in [6, 6.07) is 7.25. The van der Waals surface area contributed by atoms with E-state index in [1.165, 1.54) is 0 Å². The Morgan fingerprint density at radius 1 is 1.33 bits per heavy atom. The molecule has 15 heavy (non-hydrogen) atoms. The topological polar surface area (TPSA) is 46.5 Å². The average Bonchev–Trinajstić information content (AvgIpc) is 2.24. The maximum Gasteiger partial charge on any atom is 0.305 e. The van der Waals surface area contributed by atoms with Gasteiger partial charge in [0.05, 0.1) is 6.61 Å². The minimum Gasteiger partial charge on any atom is -0.508 e. The van der Waals surface area contributed by atoms with Crippen LogP contribution in [0.25, 0.3) is 0 Å². The number of aromatic hydroxyl groups is 1. The molecule has 3 heteroatoms. The van der Waals surface area contributed by atoms with Crippen molar-refractivity contribution in [3.63, 3.8) is 0 Å². The van der Waals surface area contributed by atoms with Crippen LogP contribution in [0.5, 0.6) is 5.75 Å². The van der Waals surface area contributed by atoms with E-state index in [0.717, 1.165) is 5.56 Å². The van der Waals surface area contributed by atoms with E-state index in [1.54, 1.807) is 19.9 Å². The molecule has 0 unspecified atom stereocenters. The van der Waals surface area contributed by atoms with E-state index in [2.05, 4.69) is 4.74 Å². The first-order valence-electron chi connectivity index (χ1n) is 5.02. The normalized spacial score (nSPS) is 8.73. The molecule has 0 atom stereocenters. The molecule has 0 aliphatic rings. The minimum atomic E-state index is -0.123. The van der Waals surface area contributed by atoms with Gasteiger partial charge in [0, 0.05) is 6.42 Å². The Balaban J connectivity index is 0.000000265. The molecule has 0 saturated heterocycles. The van der Waals surface area contributed by atoms with Gasteiger partial charge < -0.3 is 9.84 Å². The largest absolute Gasteiger partial charge is 0.508 e. The lowest BCUT2D eigenvalue weighted by Gasteiger charge is -1.93. The van der Waals surface area contributed by atoms with Gasteiger partial charge in [-0.15, -0.1) is 0 Å².